The maximum atomic E-state index is 11.0. The molecule has 0 aliphatic carbocycles. The van der Waals surface area contributed by atoms with Gasteiger partial charge in [-0.2, -0.15) is 0 Å². The highest BCUT2D eigenvalue weighted by atomic mass is 16.6. The lowest BCUT2D eigenvalue weighted by atomic mass is 10.1. The van der Waals surface area contributed by atoms with Crippen molar-refractivity contribution in [2.75, 3.05) is 0 Å². The van der Waals surface area contributed by atoms with Crippen molar-refractivity contribution in [2.24, 2.45) is 5.73 Å². The highest BCUT2D eigenvalue weighted by Gasteiger charge is 2.25. The second-order valence-electron chi connectivity index (χ2n) is 3.64. The number of hydrogen-bond acceptors (Lipinski definition) is 4. The molecule has 12 heavy (non-hydrogen) atoms. The molecule has 0 aliphatic rings. The maximum absolute atomic E-state index is 11.0. The minimum absolute atomic E-state index is 0.604. The van der Waals surface area contributed by atoms with Gasteiger partial charge in [0.25, 0.3) is 0 Å². The molecule has 0 amide bonds. The Balaban J connectivity index is 4.05. The number of hydrogen-bond donors (Lipinski definition) is 2. The van der Waals surface area contributed by atoms with E-state index in [1.165, 1.54) is 0 Å². The molecule has 0 rings (SSSR count). The summed E-state index contributed by atoms with van der Waals surface area (Å²) in [7, 11) is 0. The molecule has 0 heterocycles. The number of ether oxygens (including phenoxy) is 1. The fourth-order valence-corrected chi connectivity index (χ4v) is 0.537. The first kappa shape index (κ1) is 11.4. The van der Waals surface area contributed by atoms with Crippen LogP contribution in [0, 0.1) is 6.92 Å². The summed E-state index contributed by atoms with van der Waals surface area (Å²) in [5, 5.41) is 9.10. The van der Waals surface area contributed by atoms with Gasteiger partial charge in [-0.05, 0) is 27.7 Å². The second kappa shape index (κ2) is 3.87. The Kier molecular flexibility index (Phi) is 3.67. The predicted octanol–water partition coefficient (Wildman–Crippen LogP) is -0.150. The average molecular weight is 174 g/mol. The molecule has 0 bridgehead atoms. The molecule has 2 unspecified atom stereocenters. The number of nitrogens with two attached hydrogens (primary N) is 1. The number of carbonyl (C=O) groups is 1. The fraction of sp³-hybridized carbons (Fsp3) is 0.750. The lowest BCUT2D eigenvalue weighted by Crippen LogP contribution is -2.42. The zero-order valence-electron chi connectivity index (χ0n) is 7.70. The molecule has 0 aromatic rings. The molecule has 0 aromatic carbocycles. The fourth-order valence-electron chi connectivity index (χ4n) is 0.537. The Bertz CT molecular complexity index is 160. The molecule has 71 valence electrons. The van der Waals surface area contributed by atoms with E-state index in [9.17, 15) is 4.79 Å². The summed E-state index contributed by atoms with van der Waals surface area (Å²) in [6.45, 7) is 8.46. The molecule has 4 nitrogen and oxygen atoms in total. The van der Waals surface area contributed by atoms with Crippen LogP contribution in [-0.4, -0.2) is 28.8 Å². The molecule has 3 N–H and O–H groups in total. The molecular weight excluding hydrogens is 158 g/mol. The van der Waals surface area contributed by atoms with E-state index in [1.807, 2.05) is 0 Å². The number of carbonyl (C=O) groups excluding carboxylic acids is 1. The molecule has 0 aliphatic heterocycles. The van der Waals surface area contributed by atoms with Crippen molar-refractivity contribution in [1.82, 2.24) is 0 Å². The van der Waals surface area contributed by atoms with Crippen molar-refractivity contribution in [1.29, 1.82) is 0 Å². The summed E-state index contributed by atoms with van der Waals surface area (Å²) < 4.78 is 4.85. The first-order valence-corrected chi connectivity index (χ1v) is 3.73. The highest BCUT2D eigenvalue weighted by Crippen LogP contribution is 2.08. The van der Waals surface area contributed by atoms with Gasteiger partial charge in [-0.1, -0.05) is 0 Å². The lowest BCUT2D eigenvalue weighted by molar-refractivity contribution is -0.165. The van der Waals surface area contributed by atoms with Crippen molar-refractivity contribution < 1.29 is 14.6 Å². The largest absolute Gasteiger partial charge is 0.458 e. The van der Waals surface area contributed by atoms with E-state index < -0.39 is 23.7 Å². The Labute approximate surface area is 72.7 Å². The van der Waals surface area contributed by atoms with Gasteiger partial charge in [0.15, 0.2) is 6.10 Å². The van der Waals surface area contributed by atoms with Gasteiger partial charge in [-0.25, -0.2) is 4.79 Å². The van der Waals surface area contributed by atoms with Crippen LogP contribution in [0.3, 0.4) is 0 Å². The highest BCUT2D eigenvalue weighted by molar-refractivity contribution is 5.75. The van der Waals surface area contributed by atoms with E-state index in [0.29, 0.717) is 0 Å². The topological polar surface area (TPSA) is 72.5 Å². The Morgan fingerprint density at radius 2 is 2.00 bits per heavy atom. The van der Waals surface area contributed by atoms with Gasteiger partial charge in [0.05, 0.1) is 0 Å². The van der Waals surface area contributed by atoms with Gasteiger partial charge >= 0.3 is 5.97 Å². The Morgan fingerprint density at radius 3 is 2.25 bits per heavy atom. The van der Waals surface area contributed by atoms with E-state index in [4.69, 9.17) is 15.6 Å². The molecule has 1 radical (unpaired) electrons. The van der Waals surface area contributed by atoms with Gasteiger partial charge in [-0.3, -0.25) is 0 Å². The average Bonchev–Trinajstić information content (AvgIpc) is 1.82. The van der Waals surface area contributed by atoms with Crippen molar-refractivity contribution in [2.45, 2.75) is 38.5 Å². The summed E-state index contributed by atoms with van der Waals surface area (Å²) in [6, 6.07) is -0.847. The van der Waals surface area contributed by atoms with E-state index in [-0.39, 0.29) is 0 Å². The summed E-state index contributed by atoms with van der Waals surface area (Å²) in [4.78, 5) is 11.0. The molecule has 0 saturated carbocycles. The van der Waals surface area contributed by atoms with E-state index in [1.54, 1.807) is 20.8 Å². The summed E-state index contributed by atoms with van der Waals surface area (Å²) in [6.07, 6.45) is -1.34. The van der Waals surface area contributed by atoms with E-state index in [0.717, 1.165) is 0 Å². The molecule has 4 heteroatoms. The Morgan fingerprint density at radius 1 is 1.58 bits per heavy atom. The smallest absolute Gasteiger partial charge is 0.337 e. The maximum Gasteiger partial charge on any atom is 0.337 e. The zero-order valence-corrected chi connectivity index (χ0v) is 7.70. The third kappa shape index (κ3) is 4.31. The predicted molar refractivity (Wildman–Crippen MR) is 45.2 cm³/mol. The van der Waals surface area contributed by atoms with Crippen LogP contribution in [0.2, 0.25) is 0 Å². The molecule has 0 saturated heterocycles. The zero-order chi connectivity index (χ0) is 9.94. The van der Waals surface area contributed by atoms with Crippen LogP contribution >= 0.6 is 0 Å². The molecule has 0 spiro atoms. The van der Waals surface area contributed by atoms with Crippen LogP contribution in [0.1, 0.15) is 20.8 Å². The Hall–Kier alpha value is -0.610. The standard InChI is InChI=1S/C8H16NO3/c1-5(9)6(10)7(11)12-8(2,3)4/h5-6,10H,1,9H2,2-4H3. The van der Waals surface area contributed by atoms with E-state index in [2.05, 4.69) is 6.92 Å². The molecule has 0 fully saturated rings. The van der Waals surface area contributed by atoms with Crippen LogP contribution in [0.5, 0.6) is 0 Å². The van der Waals surface area contributed by atoms with Gasteiger partial charge in [0.1, 0.15) is 5.60 Å². The van der Waals surface area contributed by atoms with Crippen LogP contribution in [0.25, 0.3) is 0 Å². The summed E-state index contributed by atoms with van der Waals surface area (Å²) in [5.74, 6) is -0.731. The van der Waals surface area contributed by atoms with Crippen LogP contribution < -0.4 is 5.73 Å². The van der Waals surface area contributed by atoms with Crippen molar-refractivity contribution >= 4 is 5.97 Å². The van der Waals surface area contributed by atoms with Gasteiger partial charge in [0.2, 0.25) is 0 Å². The normalized spacial score (nSPS) is 16.8. The number of aliphatic hydroxyl groups is 1. The first-order valence-electron chi connectivity index (χ1n) is 3.73. The summed E-state index contributed by atoms with van der Waals surface area (Å²) in [5.41, 5.74) is 4.59. The third-order valence-electron chi connectivity index (χ3n) is 1.05. The van der Waals surface area contributed by atoms with E-state index >= 15 is 0 Å². The van der Waals surface area contributed by atoms with Gasteiger partial charge in [0, 0.05) is 6.04 Å². The molecule has 0 aromatic heterocycles. The van der Waals surface area contributed by atoms with Crippen molar-refractivity contribution in [3.8, 4) is 0 Å². The molecule has 2 atom stereocenters. The van der Waals surface area contributed by atoms with Gasteiger partial charge in [-0.15, -0.1) is 0 Å². The molecular formula is C8H16NO3. The number of rotatable bonds is 2. The lowest BCUT2D eigenvalue weighted by Gasteiger charge is -2.22. The van der Waals surface area contributed by atoms with Crippen LogP contribution in [-0.2, 0) is 9.53 Å². The minimum Gasteiger partial charge on any atom is -0.458 e. The van der Waals surface area contributed by atoms with Crippen LogP contribution in [0.15, 0.2) is 0 Å². The first-order chi connectivity index (χ1) is 5.24. The SMILES string of the molecule is [CH2]C(N)C(O)C(=O)OC(C)(C)C. The van der Waals surface area contributed by atoms with Crippen molar-refractivity contribution in [3.05, 3.63) is 6.92 Å². The number of aliphatic hydroxyl groups excluding tert-OH is 1. The monoisotopic (exact) mass is 174 g/mol. The van der Waals surface area contributed by atoms with Crippen LogP contribution in [0.4, 0.5) is 0 Å². The quantitative estimate of drug-likeness (QED) is 0.571. The minimum atomic E-state index is -1.34. The van der Waals surface area contributed by atoms with Gasteiger partial charge < -0.3 is 15.6 Å². The third-order valence-corrected chi connectivity index (χ3v) is 1.05. The second-order valence-corrected chi connectivity index (χ2v) is 3.64. The number of esters is 1. The van der Waals surface area contributed by atoms with Crippen molar-refractivity contribution in [3.63, 3.8) is 0 Å². The summed E-state index contributed by atoms with van der Waals surface area (Å²) >= 11 is 0.